The fraction of sp³-hybridized carbons (Fsp3) is 0.333. The third kappa shape index (κ3) is 2.61. The van der Waals surface area contributed by atoms with Gasteiger partial charge >= 0.3 is 0 Å². The lowest BCUT2D eigenvalue weighted by atomic mass is 9.88. The van der Waals surface area contributed by atoms with Gasteiger partial charge in [-0.25, -0.2) is 0 Å². The van der Waals surface area contributed by atoms with Crippen molar-refractivity contribution in [3.63, 3.8) is 0 Å². The van der Waals surface area contributed by atoms with Gasteiger partial charge < -0.3 is 15.6 Å². The molecule has 0 heterocycles. The van der Waals surface area contributed by atoms with Crippen molar-refractivity contribution in [3.05, 3.63) is 59.7 Å². The molecule has 1 saturated carbocycles. The number of ether oxygens (including phenoxy) is 1. The molecule has 3 nitrogen and oxygen atoms in total. The van der Waals surface area contributed by atoms with Gasteiger partial charge in [0, 0.05) is 17.0 Å². The molecule has 0 aromatic heterocycles. The molecule has 0 saturated heterocycles. The average molecular weight is 283 g/mol. The average Bonchev–Trinajstić information content (AvgIpc) is 3.29. The molecule has 3 heteroatoms. The number of nitrogens with two attached hydrogens (primary N) is 1. The van der Waals surface area contributed by atoms with E-state index in [1.807, 2.05) is 49.4 Å². The van der Waals surface area contributed by atoms with Crippen LogP contribution in [0.2, 0.25) is 0 Å². The molecule has 0 spiro atoms. The minimum absolute atomic E-state index is 0.0350. The lowest BCUT2D eigenvalue weighted by Crippen LogP contribution is -2.31. The summed E-state index contributed by atoms with van der Waals surface area (Å²) in [5.74, 6) is 0.770. The maximum Gasteiger partial charge on any atom is 0.161 e. The number of rotatable bonds is 5. The molecule has 110 valence electrons. The standard InChI is InChI=1S/C18H21NO2/c1-13(19)18(10-11-18)15-8-5-9-16(17(15)20)21-12-14-6-3-2-4-7-14/h2-9,13,20H,10-12,19H2,1H3. The molecule has 0 bridgehead atoms. The summed E-state index contributed by atoms with van der Waals surface area (Å²) in [5.41, 5.74) is 8.02. The highest BCUT2D eigenvalue weighted by Gasteiger charge is 2.49. The minimum atomic E-state index is -0.0732. The van der Waals surface area contributed by atoms with Gasteiger partial charge in [-0.2, -0.15) is 0 Å². The topological polar surface area (TPSA) is 55.5 Å². The van der Waals surface area contributed by atoms with E-state index in [2.05, 4.69) is 0 Å². The van der Waals surface area contributed by atoms with E-state index in [0.29, 0.717) is 12.4 Å². The van der Waals surface area contributed by atoms with Crippen LogP contribution in [0.1, 0.15) is 30.9 Å². The van der Waals surface area contributed by atoms with Crippen molar-refractivity contribution < 1.29 is 9.84 Å². The van der Waals surface area contributed by atoms with Crippen LogP contribution in [0.5, 0.6) is 11.5 Å². The fourth-order valence-electron chi connectivity index (χ4n) is 2.88. The molecule has 1 atom stereocenters. The molecule has 1 unspecified atom stereocenters. The number of hydrogen-bond acceptors (Lipinski definition) is 3. The Kier molecular flexibility index (Phi) is 3.60. The molecule has 3 rings (SSSR count). The molecule has 1 fully saturated rings. The van der Waals surface area contributed by atoms with Gasteiger partial charge in [0.05, 0.1) is 0 Å². The summed E-state index contributed by atoms with van der Waals surface area (Å²) in [6.07, 6.45) is 2.06. The van der Waals surface area contributed by atoms with Crippen molar-refractivity contribution in [2.24, 2.45) is 5.73 Å². The third-order valence-corrected chi connectivity index (χ3v) is 4.43. The summed E-state index contributed by atoms with van der Waals surface area (Å²) in [7, 11) is 0. The Bertz CT molecular complexity index is 618. The van der Waals surface area contributed by atoms with E-state index in [1.54, 1.807) is 6.07 Å². The summed E-state index contributed by atoms with van der Waals surface area (Å²) < 4.78 is 5.78. The smallest absolute Gasteiger partial charge is 0.161 e. The van der Waals surface area contributed by atoms with Crippen LogP contribution < -0.4 is 10.5 Å². The molecule has 1 aliphatic carbocycles. The molecule has 2 aromatic rings. The first-order valence-corrected chi connectivity index (χ1v) is 7.38. The summed E-state index contributed by atoms with van der Waals surface area (Å²) in [4.78, 5) is 0. The van der Waals surface area contributed by atoms with Crippen molar-refractivity contribution in [2.45, 2.75) is 37.8 Å². The first-order chi connectivity index (χ1) is 10.1. The largest absolute Gasteiger partial charge is 0.504 e. The van der Waals surface area contributed by atoms with Crippen LogP contribution in [0.25, 0.3) is 0 Å². The van der Waals surface area contributed by atoms with E-state index in [1.165, 1.54) is 0 Å². The molecular weight excluding hydrogens is 262 g/mol. The van der Waals surface area contributed by atoms with E-state index in [0.717, 1.165) is 24.0 Å². The first-order valence-electron chi connectivity index (χ1n) is 7.38. The Labute approximate surface area is 125 Å². The van der Waals surface area contributed by atoms with Crippen LogP contribution in [0.3, 0.4) is 0 Å². The molecule has 0 amide bonds. The molecule has 3 N–H and O–H groups in total. The minimum Gasteiger partial charge on any atom is -0.504 e. The van der Waals surface area contributed by atoms with Crippen molar-refractivity contribution in [1.82, 2.24) is 0 Å². The molecule has 21 heavy (non-hydrogen) atoms. The van der Waals surface area contributed by atoms with Crippen molar-refractivity contribution in [3.8, 4) is 11.5 Å². The van der Waals surface area contributed by atoms with Crippen LogP contribution in [-0.4, -0.2) is 11.1 Å². The van der Waals surface area contributed by atoms with Crippen molar-refractivity contribution in [1.29, 1.82) is 0 Å². The second kappa shape index (κ2) is 5.41. The zero-order valence-electron chi connectivity index (χ0n) is 12.3. The fourth-order valence-corrected chi connectivity index (χ4v) is 2.88. The van der Waals surface area contributed by atoms with Crippen molar-refractivity contribution in [2.75, 3.05) is 0 Å². The Morgan fingerprint density at radius 1 is 1.14 bits per heavy atom. The number of aromatic hydroxyl groups is 1. The maximum absolute atomic E-state index is 10.5. The van der Waals surface area contributed by atoms with Crippen LogP contribution in [-0.2, 0) is 12.0 Å². The Morgan fingerprint density at radius 2 is 1.86 bits per heavy atom. The Morgan fingerprint density at radius 3 is 2.48 bits per heavy atom. The Balaban J connectivity index is 1.81. The normalized spacial score (nSPS) is 17.2. The van der Waals surface area contributed by atoms with Crippen LogP contribution in [0.4, 0.5) is 0 Å². The highest BCUT2D eigenvalue weighted by molar-refractivity contribution is 5.52. The van der Waals surface area contributed by atoms with Gasteiger partial charge in [0.25, 0.3) is 0 Å². The van der Waals surface area contributed by atoms with E-state index in [9.17, 15) is 5.11 Å². The first kappa shape index (κ1) is 14.0. The highest BCUT2D eigenvalue weighted by atomic mass is 16.5. The summed E-state index contributed by atoms with van der Waals surface area (Å²) >= 11 is 0. The van der Waals surface area contributed by atoms with Gasteiger partial charge in [0.2, 0.25) is 0 Å². The van der Waals surface area contributed by atoms with Crippen LogP contribution in [0, 0.1) is 0 Å². The zero-order chi connectivity index (χ0) is 14.9. The predicted octanol–water partition coefficient (Wildman–Crippen LogP) is 3.35. The van der Waals surface area contributed by atoms with Gasteiger partial charge in [0.1, 0.15) is 6.61 Å². The second-order valence-corrected chi connectivity index (χ2v) is 5.87. The number of phenolic OH excluding ortho intramolecular Hbond substituents is 1. The van der Waals surface area contributed by atoms with Crippen LogP contribution in [0.15, 0.2) is 48.5 Å². The molecular formula is C18H21NO2. The highest BCUT2D eigenvalue weighted by Crippen LogP contribution is 2.54. The molecule has 1 aliphatic rings. The lowest BCUT2D eigenvalue weighted by molar-refractivity contribution is 0.286. The monoisotopic (exact) mass is 283 g/mol. The lowest BCUT2D eigenvalue weighted by Gasteiger charge is -2.22. The number of phenols is 1. The third-order valence-electron chi connectivity index (χ3n) is 4.43. The van der Waals surface area contributed by atoms with Gasteiger partial charge in [0.15, 0.2) is 11.5 Å². The maximum atomic E-state index is 10.5. The van der Waals surface area contributed by atoms with Gasteiger partial charge in [-0.05, 0) is 31.4 Å². The van der Waals surface area contributed by atoms with E-state index >= 15 is 0 Å². The quantitative estimate of drug-likeness (QED) is 0.884. The second-order valence-electron chi connectivity index (χ2n) is 5.87. The molecule has 2 aromatic carbocycles. The zero-order valence-corrected chi connectivity index (χ0v) is 12.3. The predicted molar refractivity (Wildman–Crippen MR) is 83.4 cm³/mol. The van der Waals surface area contributed by atoms with E-state index in [-0.39, 0.29) is 17.2 Å². The summed E-state index contributed by atoms with van der Waals surface area (Å²) in [5, 5.41) is 10.5. The summed E-state index contributed by atoms with van der Waals surface area (Å²) in [6, 6.07) is 15.7. The van der Waals surface area contributed by atoms with Gasteiger partial charge in [-0.15, -0.1) is 0 Å². The summed E-state index contributed by atoms with van der Waals surface area (Å²) in [6.45, 7) is 2.45. The van der Waals surface area contributed by atoms with Crippen molar-refractivity contribution >= 4 is 0 Å². The SMILES string of the molecule is CC(N)C1(c2cccc(OCc3ccccc3)c2O)CC1. The molecule has 0 aliphatic heterocycles. The van der Waals surface area contributed by atoms with E-state index in [4.69, 9.17) is 10.5 Å². The van der Waals surface area contributed by atoms with Gasteiger partial charge in [-0.1, -0.05) is 42.5 Å². The number of hydrogen-bond donors (Lipinski definition) is 2. The van der Waals surface area contributed by atoms with Gasteiger partial charge in [-0.3, -0.25) is 0 Å². The number of benzene rings is 2. The Hall–Kier alpha value is -2.00. The van der Waals surface area contributed by atoms with E-state index < -0.39 is 0 Å². The number of para-hydroxylation sites is 1. The molecule has 0 radical (unpaired) electrons. The van der Waals surface area contributed by atoms with Crippen LogP contribution >= 0.6 is 0 Å².